The Labute approximate surface area is 123 Å². The predicted molar refractivity (Wildman–Crippen MR) is 81.7 cm³/mol. The number of nitrogens with zero attached hydrogens (tertiary/aromatic N) is 3. The maximum Gasteiger partial charge on any atom is 0.164 e. The predicted octanol–water partition coefficient (Wildman–Crippen LogP) is 2.97. The van der Waals surface area contributed by atoms with Gasteiger partial charge in [0.15, 0.2) is 5.78 Å². The van der Waals surface area contributed by atoms with Gasteiger partial charge in [-0.05, 0) is 51.7 Å². The molecule has 0 radical (unpaired) electrons. The second-order valence-electron chi connectivity index (χ2n) is 4.96. The van der Waals surface area contributed by atoms with Gasteiger partial charge in [0.05, 0.1) is 17.0 Å². The summed E-state index contributed by atoms with van der Waals surface area (Å²) >= 11 is 1.35. The number of Topliss-reactive ketones (excluding diaryl/α,β-unsaturated/α-hetero) is 1. The molecule has 0 atom stereocenters. The van der Waals surface area contributed by atoms with E-state index in [0.29, 0.717) is 0 Å². The standard InChI is InChI=1S/C14H20N4OS/c1-9-8-10(2)18(16-9)7-5-6-15-14-13(12(4)19)11(3)17-20-14/h8,15H,5-7H2,1-4H3. The molecule has 0 saturated heterocycles. The quantitative estimate of drug-likeness (QED) is 0.657. The summed E-state index contributed by atoms with van der Waals surface area (Å²) in [6, 6.07) is 2.08. The number of carbonyl (C=O) groups is 1. The number of hydrogen-bond acceptors (Lipinski definition) is 5. The number of aryl methyl sites for hydroxylation is 4. The van der Waals surface area contributed by atoms with E-state index < -0.39 is 0 Å². The second kappa shape index (κ2) is 6.17. The van der Waals surface area contributed by atoms with Crippen LogP contribution in [-0.2, 0) is 6.54 Å². The Hall–Kier alpha value is -1.69. The molecule has 0 amide bonds. The highest BCUT2D eigenvalue weighted by atomic mass is 32.1. The lowest BCUT2D eigenvalue weighted by Gasteiger charge is -2.07. The monoisotopic (exact) mass is 292 g/mol. The molecule has 0 aliphatic heterocycles. The lowest BCUT2D eigenvalue weighted by molar-refractivity contribution is 0.101. The van der Waals surface area contributed by atoms with Crippen LogP contribution in [0.5, 0.6) is 0 Å². The Bertz CT molecular complexity index is 615. The van der Waals surface area contributed by atoms with Crippen LogP contribution < -0.4 is 5.32 Å². The molecule has 0 fully saturated rings. The molecule has 0 bridgehead atoms. The Morgan fingerprint density at radius 1 is 1.40 bits per heavy atom. The van der Waals surface area contributed by atoms with Crippen molar-refractivity contribution in [2.45, 2.75) is 40.7 Å². The van der Waals surface area contributed by atoms with E-state index in [1.165, 1.54) is 17.2 Å². The Morgan fingerprint density at radius 3 is 2.75 bits per heavy atom. The molecule has 0 aromatic carbocycles. The molecule has 1 N–H and O–H groups in total. The number of anilines is 1. The first-order valence-electron chi connectivity index (χ1n) is 6.71. The van der Waals surface area contributed by atoms with Gasteiger partial charge in [-0.2, -0.15) is 9.47 Å². The van der Waals surface area contributed by atoms with Crippen molar-refractivity contribution < 1.29 is 4.79 Å². The van der Waals surface area contributed by atoms with E-state index in [2.05, 4.69) is 27.8 Å². The van der Waals surface area contributed by atoms with Crippen LogP contribution in [0.2, 0.25) is 0 Å². The molecule has 0 saturated carbocycles. The largest absolute Gasteiger partial charge is 0.375 e. The zero-order valence-electron chi connectivity index (χ0n) is 12.4. The summed E-state index contributed by atoms with van der Waals surface area (Å²) in [6.07, 6.45) is 0.955. The highest BCUT2D eigenvalue weighted by molar-refractivity contribution is 7.10. The topological polar surface area (TPSA) is 59.8 Å². The molecular weight excluding hydrogens is 272 g/mol. The van der Waals surface area contributed by atoms with Gasteiger partial charge in [0.2, 0.25) is 0 Å². The van der Waals surface area contributed by atoms with E-state index in [1.54, 1.807) is 6.92 Å². The van der Waals surface area contributed by atoms with E-state index in [1.807, 2.05) is 18.5 Å². The van der Waals surface area contributed by atoms with Gasteiger partial charge in [0.1, 0.15) is 5.00 Å². The van der Waals surface area contributed by atoms with Gasteiger partial charge in [-0.3, -0.25) is 9.48 Å². The van der Waals surface area contributed by atoms with Crippen LogP contribution in [0, 0.1) is 20.8 Å². The third-order valence-electron chi connectivity index (χ3n) is 3.15. The summed E-state index contributed by atoms with van der Waals surface area (Å²) in [5.41, 5.74) is 3.76. The van der Waals surface area contributed by atoms with Crippen molar-refractivity contribution in [2.75, 3.05) is 11.9 Å². The zero-order chi connectivity index (χ0) is 14.7. The minimum Gasteiger partial charge on any atom is -0.375 e. The highest BCUT2D eigenvalue weighted by Crippen LogP contribution is 2.24. The fourth-order valence-corrected chi connectivity index (χ4v) is 3.11. The number of hydrogen-bond donors (Lipinski definition) is 1. The highest BCUT2D eigenvalue weighted by Gasteiger charge is 2.14. The van der Waals surface area contributed by atoms with E-state index in [0.717, 1.165) is 41.5 Å². The molecule has 0 aliphatic rings. The molecule has 2 aromatic heterocycles. The van der Waals surface area contributed by atoms with E-state index in [9.17, 15) is 4.79 Å². The smallest absolute Gasteiger partial charge is 0.164 e. The van der Waals surface area contributed by atoms with Gasteiger partial charge < -0.3 is 5.32 Å². The minimum atomic E-state index is 0.0669. The summed E-state index contributed by atoms with van der Waals surface area (Å²) in [5, 5.41) is 8.61. The molecule has 6 heteroatoms. The van der Waals surface area contributed by atoms with Crippen molar-refractivity contribution in [2.24, 2.45) is 0 Å². The van der Waals surface area contributed by atoms with Gasteiger partial charge in [0.25, 0.3) is 0 Å². The van der Waals surface area contributed by atoms with Crippen molar-refractivity contribution in [3.63, 3.8) is 0 Å². The van der Waals surface area contributed by atoms with Gasteiger partial charge >= 0.3 is 0 Å². The Balaban J connectivity index is 1.88. The average molecular weight is 292 g/mol. The van der Waals surface area contributed by atoms with E-state index in [4.69, 9.17) is 0 Å². The molecule has 2 aromatic rings. The van der Waals surface area contributed by atoms with Crippen LogP contribution in [0.3, 0.4) is 0 Å². The summed E-state index contributed by atoms with van der Waals surface area (Å²) in [7, 11) is 0. The SMILES string of the molecule is CC(=O)c1c(C)nsc1NCCCn1nc(C)cc1C. The molecule has 0 spiro atoms. The summed E-state index contributed by atoms with van der Waals surface area (Å²) in [6.45, 7) is 9.20. The van der Waals surface area contributed by atoms with Crippen molar-refractivity contribution in [3.8, 4) is 0 Å². The van der Waals surface area contributed by atoms with Crippen molar-refractivity contribution in [1.29, 1.82) is 0 Å². The minimum absolute atomic E-state index is 0.0669. The second-order valence-corrected chi connectivity index (χ2v) is 5.73. The summed E-state index contributed by atoms with van der Waals surface area (Å²) < 4.78 is 6.25. The number of aromatic nitrogens is 3. The van der Waals surface area contributed by atoms with Gasteiger partial charge in [-0.15, -0.1) is 0 Å². The van der Waals surface area contributed by atoms with Crippen molar-refractivity contribution in [1.82, 2.24) is 14.2 Å². The molecule has 2 rings (SSSR count). The van der Waals surface area contributed by atoms with Crippen LogP contribution in [0.1, 0.15) is 40.8 Å². The summed E-state index contributed by atoms with van der Waals surface area (Å²) in [4.78, 5) is 11.6. The molecule has 108 valence electrons. The maximum atomic E-state index is 11.6. The van der Waals surface area contributed by atoms with Gasteiger partial charge in [-0.1, -0.05) is 0 Å². The van der Waals surface area contributed by atoms with E-state index in [-0.39, 0.29) is 5.78 Å². The van der Waals surface area contributed by atoms with Crippen LogP contribution in [0.25, 0.3) is 0 Å². The average Bonchev–Trinajstić information content (AvgIpc) is 2.88. The third kappa shape index (κ3) is 3.25. The third-order valence-corrected chi connectivity index (χ3v) is 4.05. The van der Waals surface area contributed by atoms with E-state index >= 15 is 0 Å². The first-order valence-corrected chi connectivity index (χ1v) is 7.48. The lowest BCUT2D eigenvalue weighted by Crippen LogP contribution is -2.09. The van der Waals surface area contributed by atoms with Crippen molar-refractivity contribution >= 4 is 22.3 Å². The molecule has 5 nitrogen and oxygen atoms in total. The molecular formula is C14H20N4OS. The maximum absolute atomic E-state index is 11.6. The molecule has 20 heavy (non-hydrogen) atoms. The normalized spacial score (nSPS) is 10.8. The van der Waals surface area contributed by atoms with Crippen molar-refractivity contribution in [3.05, 3.63) is 28.7 Å². The fraction of sp³-hybridized carbons (Fsp3) is 0.500. The van der Waals surface area contributed by atoms with Crippen LogP contribution in [-0.4, -0.2) is 26.5 Å². The van der Waals surface area contributed by atoms with Crippen LogP contribution in [0.4, 0.5) is 5.00 Å². The lowest BCUT2D eigenvalue weighted by atomic mass is 10.2. The number of ketones is 1. The van der Waals surface area contributed by atoms with Crippen LogP contribution >= 0.6 is 11.5 Å². The molecule has 0 aliphatic carbocycles. The Morgan fingerprint density at radius 2 is 2.15 bits per heavy atom. The molecule has 0 unspecified atom stereocenters. The van der Waals surface area contributed by atoms with Crippen LogP contribution in [0.15, 0.2) is 6.07 Å². The number of nitrogens with one attached hydrogen (secondary N) is 1. The zero-order valence-corrected chi connectivity index (χ0v) is 13.2. The first-order chi connectivity index (χ1) is 9.49. The Kier molecular flexibility index (Phi) is 4.54. The van der Waals surface area contributed by atoms with Gasteiger partial charge in [-0.25, -0.2) is 0 Å². The van der Waals surface area contributed by atoms with Gasteiger partial charge in [0, 0.05) is 18.8 Å². The number of rotatable bonds is 6. The first kappa shape index (κ1) is 14.7. The number of carbonyl (C=O) groups excluding carboxylic acids is 1. The molecule has 2 heterocycles. The summed E-state index contributed by atoms with van der Waals surface area (Å²) in [5.74, 6) is 0.0669. The fourth-order valence-electron chi connectivity index (χ4n) is 2.24.